The van der Waals surface area contributed by atoms with Gasteiger partial charge in [-0.2, -0.15) is 0 Å². The molecule has 20 rings (SSSR count). The molecule has 0 unspecified atom stereocenters. The average molecular weight is 1820 g/mol. The molecule has 0 saturated carbocycles. The van der Waals surface area contributed by atoms with Crippen LogP contribution in [0.15, 0.2) is 297 Å². The minimum absolute atomic E-state index is 0.0299. The van der Waals surface area contributed by atoms with Gasteiger partial charge in [0.05, 0.1) is 11.0 Å². The fourth-order valence-electron chi connectivity index (χ4n) is 26.4. The number of rotatable bonds is 40. The number of nitrogens with zero attached hydrogens (tertiary/aromatic N) is 1. The van der Waals surface area contributed by atoms with Crippen LogP contribution in [0.1, 0.15) is 313 Å². The van der Waals surface area contributed by atoms with Gasteiger partial charge in [0.25, 0.3) is 0 Å². The third kappa shape index (κ3) is 17.9. The van der Waals surface area contributed by atoms with Crippen LogP contribution in [0.2, 0.25) is 0 Å². The first-order chi connectivity index (χ1) is 67.8. The molecule has 0 atom stereocenters. The minimum Gasteiger partial charge on any atom is -0.443 e. The van der Waals surface area contributed by atoms with Crippen molar-refractivity contribution in [2.24, 2.45) is 0 Å². The molecule has 1 heterocycles. The summed E-state index contributed by atoms with van der Waals surface area (Å²) in [5.41, 5.74) is 50.4. The van der Waals surface area contributed by atoms with Crippen molar-refractivity contribution in [2.45, 2.75) is 297 Å². The van der Waals surface area contributed by atoms with E-state index < -0.39 is 6.92 Å². The van der Waals surface area contributed by atoms with Gasteiger partial charge in [-0.15, -0.1) is 0 Å². The Hall–Kier alpha value is -11.9. The normalized spacial score (nSPS) is 14.0. The Morgan fingerprint density at radius 2 is 0.554 bits per heavy atom. The molecule has 0 fully saturated rings. The summed E-state index contributed by atoms with van der Waals surface area (Å²) in [5.74, 6) is 0. The smallest absolute Gasteiger partial charge is 0.361 e. The van der Waals surface area contributed by atoms with Gasteiger partial charge in [-0.05, 0) is 327 Å². The molecule has 16 aromatic rings. The van der Waals surface area contributed by atoms with E-state index in [0.717, 1.165) is 40.5 Å². The van der Waals surface area contributed by atoms with Crippen LogP contribution in [0.3, 0.4) is 0 Å². The predicted octanol–water partition coefficient (Wildman–Crippen LogP) is 37.1. The largest absolute Gasteiger partial charge is 0.443 e. The van der Waals surface area contributed by atoms with E-state index in [1.165, 1.54) is 357 Å². The summed E-state index contributed by atoms with van der Waals surface area (Å²) in [6, 6.07) is 116. The zero-order valence-electron chi connectivity index (χ0n) is 85.5. The van der Waals surface area contributed by atoms with Crippen molar-refractivity contribution >= 4 is 39.6 Å². The third-order valence-electron chi connectivity index (χ3n) is 33.8. The van der Waals surface area contributed by atoms with E-state index in [9.17, 15) is 5.02 Å². The van der Waals surface area contributed by atoms with E-state index in [-0.39, 0.29) is 21.7 Å². The molecule has 1 aromatic heterocycles. The lowest BCUT2D eigenvalue weighted by atomic mass is 9.55. The van der Waals surface area contributed by atoms with E-state index in [2.05, 4.69) is 367 Å². The van der Waals surface area contributed by atoms with Crippen LogP contribution >= 0.6 is 0 Å². The van der Waals surface area contributed by atoms with Crippen LogP contribution < -0.4 is 10.9 Å². The Labute approximate surface area is 832 Å². The van der Waals surface area contributed by atoms with Crippen LogP contribution in [0, 0.1) is 27.7 Å². The molecule has 15 aromatic carbocycles. The Kier molecular flexibility index (Phi) is 27.8. The Balaban J connectivity index is 0.626. The predicted molar refractivity (Wildman–Crippen MR) is 599 cm³/mol. The summed E-state index contributed by atoms with van der Waals surface area (Å²) in [4.78, 5) is 0. The topological polar surface area (TPSA) is 25.2 Å². The molecule has 0 radical (unpaired) electrons. The van der Waals surface area contributed by atoms with Crippen molar-refractivity contribution in [1.82, 2.24) is 4.57 Å². The second-order valence-corrected chi connectivity index (χ2v) is 43.6. The summed E-state index contributed by atoms with van der Waals surface area (Å²) in [6.07, 6.45) is 38.1. The Morgan fingerprint density at radius 3 is 0.921 bits per heavy atom. The lowest BCUT2D eigenvalue weighted by Crippen LogP contribution is -2.44. The third-order valence-corrected chi connectivity index (χ3v) is 33.8. The zero-order valence-corrected chi connectivity index (χ0v) is 85.5. The highest BCUT2D eigenvalue weighted by Crippen LogP contribution is 2.60. The summed E-state index contributed by atoms with van der Waals surface area (Å²) in [5, 5.41) is 15.3. The molecule has 704 valence electrons. The van der Waals surface area contributed by atoms with Gasteiger partial charge in [-0.3, -0.25) is 0 Å². The van der Waals surface area contributed by atoms with Crippen molar-refractivity contribution in [3.8, 4) is 117 Å². The van der Waals surface area contributed by atoms with Gasteiger partial charge in [-0.25, -0.2) is 0 Å². The molecular formula is C136H146BNO. The second-order valence-electron chi connectivity index (χ2n) is 43.6. The van der Waals surface area contributed by atoms with Crippen LogP contribution in [-0.2, 0) is 34.5 Å². The van der Waals surface area contributed by atoms with Crippen molar-refractivity contribution in [2.75, 3.05) is 0 Å². The highest BCUT2D eigenvalue weighted by Gasteiger charge is 2.46. The number of aromatic nitrogens is 1. The maximum absolute atomic E-state index is 12.9. The first kappa shape index (κ1) is 94.7. The van der Waals surface area contributed by atoms with Crippen molar-refractivity contribution in [1.29, 1.82) is 0 Å². The quantitative estimate of drug-likeness (QED) is 0.0301. The number of aryl methyl sites for hydroxylation is 6. The molecule has 0 saturated heterocycles. The number of benzene rings is 15. The highest BCUT2D eigenvalue weighted by molar-refractivity contribution is 6.79. The van der Waals surface area contributed by atoms with E-state index in [1.54, 1.807) is 22.3 Å². The molecule has 0 spiro atoms. The maximum Gasteiger partial charge on any atom is 0.361 e. The zero-order chi connectivity index (χ0) is 95.7. The van der Waals surface area contributed by atoms with Crippen molar-refractivity contribution in [3.05, 3.63) is 375 Å². The first-order valence-electron chi connectivity index (χ1n) is 54.1. The van der Waals surface area contributed by atoms with E-state index >= 15 is 0 Å². The van der Waals surface area contributed by atoms with Gasteiger partial charge in [-0.1, -0.05) is 446 Å². The SMILES string of the molecule is CCCCCCCCC1(CCCCCCCC)c2ccccc2-c2ccc(-c3ccc4c(c3)C(C)(C)c3cc(-c5cc(C)c(-c6ccc7c(c6)c6cc(-c8c(C)cc(-c9ccc%10c(c9)C(C)(C)c9cc(-c%11ccc%12c(c%11)C(CCCCCCCC)(CCCCCCCC)c%11ccccc%11-%12)ccc9-%10)cc8C)ccc6n7-c6c(CCc7ccccc7)cccc6B(O)c6ccccc6)c(C)c5)ccc3-4)cc21. The number of hydrogen-bond donors (Lipinski definition) is 1. The Bertz CT molecular complexity index is 6770. The minimum atomic E-state index is -0.868. The molecular weight excluding hydrogens is 1670 g/mol. The van der Waals surface area contributed by atoms with Crippen LogP contribution in [0.4, 0.5) is 0 Å². The number of hydrogen-bond acceptors (Lipinski definition) is 1. The molecule has 3 heteroatoms. The van der Waals surface area contributed by atoms with Gasteiger partial charge >= 0.3 is 6.92 Å². The molecule has 0 aliphatic heterocycles. The molecule has 2 nitrogen and oxygen atoms in total. The van der Waals surface area contributed by atoms with E-state index in [4.69, 9.17) is 0 Å². The van der Waals surface area contributed by atoms with Crippen LogP contribution in [-0.4, -0.2) is 16.5 Å². The molecule has 139 heavy (non-hydrogen) atoms. The number of unbranched alkanes of at least 4 members (excludes halogenated alkanes) is 20. The fraction of sp³-hybridized carbons (Fsp3) is 0.338. The van der Waals surface area contributed by atoms with Gasteiger partial charge in [0.2, 0.25) is 0 Å². The highest BCUT2D eigenvalue weighted by atomic mass is 16.2. The molecule has 1 N–H and O–H groups in total. The number of para-hydroxylation sites is 1. The van der Waals surface area contributed by atoms with Crippen LogP contribution in [0.5, 0.6) is 0 Å². The van der Waals surface area contributed by atoms with Gasteiger partial charge < -0.3 is 9.59 Å². The lowest BCUT2D eigenvalue weighted by Gasteiger charge is -2.33. The standard InChI is InChI=1S/C136H146BNO/c1-13-17-21-25-29-43-76-135(77-44-30-26-22-18-14-2)119-55-41-39-53-109(119)115-72-62-100(90-125(115)135)98-60-68-111-113-70-64-102(88-123(113)133(9,10)121(111)86-98)106-80-92(5)130(93(6)81-106)104-66-74-128-117(84-104)118-85-105(67-75-129(118)138(128)132-97(59-58-96-48-35-33-36-49-96)50-47-57-127(132)137(139)108-51-37-34-38-52-108)131-94(7)82-107(83-95(131)8)103-65-71-114-112-69-61-99(87-122(112)134(11,12)124(114)89-103)101-63-73-116-110-54-40-42-56-120(110)136(126(116)91-101,78-45-31-27-23-19-15-3)79-46-32-28-24-20-16-4/h33-42,47-57,60-75,80-91,139H,13-32,43-46,58-59,76-79H2,1-12H3. The molecule has 0 amide bonds. The van der Waals surface area contributed by atoms with Gasteiger partial charge in [0.1, 0.15) is 0 Å². The van der Waals surface area contributed by atoms with Crippen molar-refractivity contribution in [3.63, 3.8) is 0 Å². The summed E-state index contributed by atoms with van der Waals surface area (Å²) in [6.45, 7) is 27.6. The molecule has 4 aliphatic rings. The Morgan fingerprint density at radius 1 is 0.252 bits per heavy atom. The van der Waals surface area contributed by atoms with E-state index in [1.807, 2.05) is 18.2 Å². The fourth-order valence-corrected chi connectivity index (χ4v) is 26.4. The van der Waals surface area contributed by atoms with Crippen LogP contribution in [0.25, 0.3) is 139 Å². The monoisotopic (exact) mass is 1820 g/mol. The second kappa shape index (κ2) is 40.8. The summed E-state index contributed by atoms with van der Waals surface area (Å²) < 4.78 is 2.51. The maximum atomic E-state index is 12.9. The first-order valence-corrected chi connectivity index (χ1v) is 54.1. The molecule has 4 aliphatic carbocycles. The van der Waals surface area contributed by atoms with Gasteiger partial charge in [0.15, 0.2) is 0 Å². The van der Waals surface area contributed by atoms with Crippen molar-refractivity contribution < 1.29 is 5.02 Å². The number of fused-ring (bicyclic) bond motifs is 15. The molecule has 0 bridgehead atoms. The van der Waals surface area contributed by atoms with Gasteiger partial charge in [0, 0.05) is 38.1 Å². The summed E-state index contributed by atoms with van der Waals surface area (Å²) in [7, 11) is 0. The lowest BCUT2D eigenvalue weighted by molar-refractivity contribution is 0.398. The van der Waals surface area contributed by atoms with E-state index in [0.29, 0.717) is 0 Å². The summed E-state index contributed by atoms with van der Waals surface area (Å²) >= 11 is 0. The average Bonchev–Trinajstić information content (AvgIpc) is 1.58.